The number of nitrogens with zero attached hydrogens (tertiary/aromatic N) is 1. The number of benzene rings is 2. The van der Waals surface area contributed by atoms with Crippen molar-refractivity contribution in [1.82, 2.24) is 4.98 Å². The third kappa shape index (κ3) is 9.74. The molecule has 0 radical (unpaired) electrons. The van der Waals surface area contributed by atoms with E-state index in [1.165, 1.54) is 37.7 Å². The van der Waals surface area contributed by atoms with E-state index in [-0.39, 0.29) is 11.8 Å². The van der Waals surface area contributed by atoms with E-state index in [4.69, 9.17) is 9.47 Å². The van der Waals surface area contributed by atoms with Crippen LogP contribution in [0.5, 0.6) is 5.75 Å². The number of rotatable bonds is 16. The molecule has 0 amide bonds. The van der Waals surface area contributed by atoms with Gasteiger partial charge in [-0.15, -0.1) is 0 Å². The smallest absolute Gasteiger partial charge is 0.343 e. The molecule has 40 heavy (non-hydrogen) atoms. The molecule has 3 aromatic rings. The standard InChI is InChI=1S/C34H41NO5/c1-4-6-8-9-11-12-26-14-23-31(35-24-26)27-15-17-29(18-16-27)34(38)40-30-21-19-28(20-22-30)33(37)25(3)39-32(36)13-10-7-5-2/h14-25H,4-13H2,1-3H3. The summed E-state index contributed by atoms with van der Waals surface area (Å²) >= 11 is 0. The molecule has 6 nitrogen and oxygen atoms in total. The first-order chi connectivity index (χ1) is 19.4. The van der Waals surface area contributed by atoms with E-state index in [9.17, 15) is 14.4 Å². The number of aryl methyl sites for hydroxylation is 1. The number of unbranched alkanes of at least 4 members (excludes halogenated alkanes) is 6. The number of aromatic nitrogens is 1. The first-order valence-corrected chi connectivity index (χ1v) is 14.5. The maximum atomic E-state index is 12.7. The Balaban J connectivity index is 1.50. The Bertz CT molecular complexity index is 1220. The van der Waals surface area contributed by atoms with Crippen LogP contribution in [-0.4, -0.2) is 28.8 Å². The molecule has 1 heterocycles. The first-order valence-electron chi connectivity index (χ1n) is 14.5. The van der Waals surface area contributed by atoms with Gasteiger partial charge in [0.25, 0.3) is 0 Å². The Hall–Kier alpha value is -3.80. The Labute approximate surface area is 238 Å². The van der Waals surface area contributed by atoms with Gasteiger partial charge >= 0.3 is 11.9 Å². The van der Waals surface area contributed by atoms with Gasteiger partial charge in [-0.2, -0.15) is 0 Å². The lowest BCUT2D eigenvalue weighted by Gasteiger charge is -2.12. The van der Waals surface area contributed by atoms with Crippen molar-refractivity contribution in [2.75, 3.05) is 0 Å². The van der Waals surface area contributed by atoms with Crippen LogP contribution in [0.25, 0.3) is 11.3 Å². The highest BCUT2D eigenvalue weighted by Crippen LogP contribution is 2.21. The molecule has 0 aliphatic carbocycles. The summed E-state index contributed by atoms with van der Waals surface area (Å²) in [5.41, 5.74) is 3.82. The molecule has 0 fully saturated rings. The summed E-state index contributed by atoms with van der Waals surface area (Å²) in [6.45, 7) is 5.85. The lowest BCUT2D eigenvalue weighted by atomic mass is 10.0. The highest BCUT2D eigenvalue weighted by molar-refractivity contribution is 6.00. The average molecular weight is 544 g/mol. The molecule has 0 saturated heterocycles. The van der Waals surface area contributed by atoms with Crippen LogP contribution in [0.15, 0.2) is 66.9 Å². The summed E-state index contributed by atoms with van der Waals surface area (Å²) in [7, 11) is 0. The fraction of sp³-hybridized carbons (Fsp3) is 0.412. The molecule has 212 valence electrons. The fourth-order valence-corrected chi connectivity index (χ4v) is 4.37. The lowest BCUT2D eigenvalue weighted by molar-refractivity contribution is -0.146. The van der Waals surface area contributed by atoms with E-state index in [1.807, 2.05) is 24.4 Å². The number of pyridine rings is 1. The maximum absolute atomic E-state index is 12.7. The van der Waals surface area contributed by atoms with Gasteiger partial charge in [0.2, 0.25) is 5.78 Å². The third-order valence-electron chi connectivity index (χ3n) is 6.82. The van der Waals surface area contributed by atoms with Gasteiger partial charge in [-0.05, 0) is 74.2 Å². The van der Waals surface area contributed by atoms with Crippen molar-refractivity contribution in [1.29, 1.82) is 0 Å². The molecule has 2 aromatic carbocycles. The second kappa shape index (κ2) is 16.3. The number of hydrogen-bond donors (Lipinski definition) is 0. The fourth-order valence-electron chi connectivity index (χ4n) is 4.37. The topological polar surface area (TPSA) is 82.6 Å². The van der Waals surface area contributed by atoms with Gasteiger partial charge in [0, 0.05) is 23.7 Å². The van der Waals surface area contributed by atoms with Gasteiger partial charge in [-0.3, -0.25) is 14.6 Å². The molecular weight excluding hydrogens is 502 g/mol. The number of ketones is 1. The minimum absolute atomic E-state index is 0.300. The van der Waals surface area contributed by atoms with Crippen molar-refractivity contribution >= 4 is 17.7 Å². The predicted molar refractivity (Wildman–Crippen MR) is 158 cm³/mol. The van der Waals surface area contributed by atoms with E-state index in [2.05, 4.69) is 24.9 Å². The lowest BCUT2D eigenvalue weighted by Crippen LogP contribution is -2.24. The van der Waals surface area contributed by atoms with Crippen molar-refractivity contribution in [3.8, 4) is 17.0 Å². The van der Waals surface area contributed by atoms with Crippen LogP contribution < -0.4 is 4.74 Å². The second-order valence-corrected chi connectivity index (χ2v) is 10.2. The van der Waals surface area contributed by atoms with Crippen molar-refractivity contribution in [2.24, 2.45) is 0 Å². The Kier molecular flexibility index (Phi) is 12.6. The van der Waals surface area contributed by atoms with Gasteiger partial charge in [-0.1, -0.05) is 70.6 Å². The molecule has 6 heteroatoms. The van der Waals surface area contributed by atoms with Crippen molar-refractivity contribution in [3.05, 3.63) is 83.6 Å². The number of ether oxygens (including phenoxy) is 2. The maximum Gasteiger partial charge on any atom is 0.343 e. The predicted octanol–water partition coefficient (Wildman–Crippen LogP) is 8.18. The minimum atomic E-state index is -0.873. The van der Waals surface area contributed by atoms with Crippen LogP contribution in [-0.2, 0) is 16.0 Å². The van der Waals surface area contributed by atoms with Gasteiger partial charge in [-0.25, -0.2) is 4.79 Å². The third-order valence-corrected chi connectivity index (χ3v) is 6.82. The van der Waals surface area contributed by atoms with E-state index in [1.54, 1.807) is 43.3 Å². The molecule has 0 spiro atoms. The normalized spacial score (nSPS) is 11.6. The number of hydrogen-bond acceptors (Lipinski definition) is 6. The van der Waals surface area contributed by atoms with Crippen molar-refractivity contribution in [2.45, 2.75) is 91.1 Å². The monoisotopic (exact) mass is 543 g/mol. The SMILES string of the molecule is CCCCCCCc1ccc(-c2ccc(C(=O)Oc3ccc(C(=O)C(C)OC(=O)CCCCC)cc3)cc2)nc1. The van der Waals surface area contributed by atoms with Crippen LogP contribution in [0.4, 0.5) is 0 Å². The van der Waals surface area contributed by atoms with Crippen molar-refractivity contribution < 1.29 is 23.9 Å². The van der Waals surface area contributed by atoms with Crippen molar-refractivity contribution in [3.63, 3.8) is 0 Å². The molecule has 0 N–H and O–H groups in total. The highest BCUT2D eigenvalue weighted by atomic mass is 16.5. The molecule has 1 unspecified atom stereocenters. The number of carbonyl (C=O) groups excluding carboxylic acids is 3. The summed E-state index contributed by atoms with van der Waals surface area (Å²) in [6, 6.07) is 17.5. The number of carbonyl (C=O) groups is 3. The quantitative estimate of drug-likeness (QED) is 0.0784. The molecule has 0 bridgehead atoms. The van der Waals surface area contributed by atoms with Crippen LogP contribution in [0, 0.1) is 0 Å². The van der Waals surface area contributed by atoms with Gasteiger partial charge in [0.05, 0.1) is 11.3 Å². The second-order valence-electron chi connectivity index (χ2n) is 10.2. The van der Waals surface area contributed by atoms with Gasteiger partial charge in [0.1, 0.15) is 5.75 Å². The summed E-state index contributed by atoms with van der Waals surface area (Å²) in [4.78, 5) is 41.8. The van der Waals surface area contributed by atoms with Crippen LogP contribution in [0.2, 0.25) is 0 Å². The molecule has 1 atom stereocenters. The molecule has 0 saturated carbocycles. The molecular formula is C34H41NO5. The van der Waals surface area contributed by atoms with Gasteiger partial charge < -0.3 is 9.47 Å². The van der Waals surface area contributed by atoms with Gasteiger partial charge in [0.15, 0.2) is 6.10 Å². The summed E-state index contributed by atoms with van der Waals surface area (Å²) in [5, 5.41) is 0. The Morgan fingerprint density at radius 2 is 1.40 bits per heavy atom. The van der Waals surface area contributed by atoms with E-state index < -0.39 is 12.1 Å². The summed E-state index contributed by atoms with van der Waals surface area (Å²) in [6.07, 6.45) is 11.4. The zero-order chi connectivity index (χ0) is 28.7. The largest absolute Gasteiger partial charge is 0.454 e. The van der Waals surface area contributed by atoms with Crippen LogP contribution >= 0.6 is 0 Å². The molecule has 1 aromatic heterocycles. The molecule has 3 rings (SSSR count). The molecule has 0 aliphatic rings. The zero-order valence-electron chi connectivity index (χ0n) is 24.0. The highest BCUT2D eigenvalue weighted by Gasteiger charge is 2.19. The molecule has 0 aliphatic heterocycles. The number of esters is 2. The van der Waals surface area contributed by atoms with Crippen LogP contribution in [0.1, 0.15) is 105 Å². The Morgan fingerprint density at radius 1 is 0.750 bits per heavy atom. The summed E-state index contributed by atoms with van der Waals surface area (Å²) in [5.74, 6) is -0.842. The first kappa shape index (κ1) is 30.7. The Morgan fingerprint density at radius 3 is 2.05 bits per heavy atom. The van der Waals surface area contributed by atoms with E-state index >= 15 is 0 Å². The van der Waals surface area contributed by atoms with Crippen LogP contribution in [0.3, 0.4) is 0 Å². The van der Waals surface area contributed by atoms with E-state index in [0.29, 0.717) is 23.3 Å². The summed E-state index contributed by atoms with van der Waals surface area (Å²) < 4.78 is 10.7. The van der Waals surface area contributed by atoms with E-state index in [0.717, 1.165) is 36.9 Å². The zero-order valence-corrected chi connectivity index (χ0v) is 24.0. The number of Topliss-reactive ketones (excluding diaryl/α,β-unsaturated/α-hetero) is 1. The minimum Gasteiger partial charge on any atom is -0.454 e. The average Bonchev–Trinajstić information content (AvgIpc) is 2.97.